The summed E-state index contributed by atoms with van der Waals surface area (Å²) in [4.78, 5) is 36.9. The Bertz CT molecular complexity index is 744. The fourth-order valence-electron chi connectivity index (χ4n) is 2.49. The van der Waals surface area contributed by atoms with Crippen molar-refractivity contribution in [2.24, 2.45) is 0 Å². The van der Waals surface area contributed by atoms with Crippen molar-refractivity contribution >= 4 is 17.7 Å². The zero-order valence-electron chi connectivity index (χ0n) is 15.5. The molecule has 0 spiro atoms. The minimum Gasteiger partial charge on any atom is -0.459 e. The summed E-state index contributed by atoms with van der Waals surface area (Å²) in [6.07, 6.45) is 1.37. The van der Waals surface area contributed by atoms with Crippen molar-refractivity contribution in [3.8, 4) is 0 Å². The molecule has 0 bridgehead atoms. The van der Waals surface area contributed by atoms with Gasteiger partial charge in [-0.1, -0.05) is 30.3 Å². The molecule has 8 nitrogen and oxygen atoms in total. The first kappa shape index (κ1) is 20.2. The zero-order chi connectivity index (χ0) is 19.6. The van der Waals surface area contributed by atoms with Gasteiger partial charge in [-0.05, 0) is 17.7 Å². The lowest BCUT2D eigenvalue weighted by Gasteiger charge is -2.21. The van der Waals surface area contributed by atoms with E-state index in [0.29, 0.717) is 6.54 Å². The number of nitrogens with one attached hydrogen (secondary N) is 4. The summed E-state index contributed by atoms with van der Waals surface area (Å²) >= 11 is 0. The Labute approximate surface area is 157 Å². The van der Waals surface area contributed by atoms with Gasteiger partial charge in [0, 0.05) is 0 Å². The highest BCUT2D eigenvalue weighted by Crippen LogP contribution is 2.10. The van der Waals surface area contributed by atoms with Gasteiger partial charge in [-0.25, -0.2) is 0 Å². The number of hydrogen-bond acceptors (Lipinski definition) is 4. The van der Waals surface area contributed by atoms with Gasteiger partial charge >= 0.3 is 0 Å². The molecule has 27 heavy (non-hydrogen) atoms. The standard InChI is InChI=1S/C19H24N4O4/c1-23(2)13-15(14-7-4-3-5-8-14)22-18(25)12-20-17(24)11-21-19(26)16-9-6-10-27-16/h3-10,15H,11-13H2,1-2H3,(H,20,24)(H,21,26)(H,22,25)/p+1/t15-/m1/s1. The fraction of sp³-hybridized carbons (Fsp3) is 0.316. The molecule has 0 aliphatic rings. The number of furan rings is 1. The van der Waals surface area contributed by atoms with Gasteiger partial charge in [-0.3, -0.25) is 14.4 Å². The molecule has 0 saturated heterocycles. The molecule has 144 valence electrons. The third-order valence-electron chi connectivity index (χ3n) is 3.75. The van der Waals surface area contributed by atoms with Gasteiger partial charge in [0.1, 0.15) is 12.6 Å². The summed E-state index contributed by atoms with van der Waals surface area (Å²) in [7, 11) is 4.01. The Hall–Kier alpha value is -3.13. The quantitative estimate of drug-likeness (QED) is 0.459. The van der Waals surface area contributed by atoms with Crippen LogP contribution in [-0.4, -0.2) is 51.5 Å². The maximum Gasteiger partial charge on any atom is 0.287 e. The third-order valence-corrected chi connectivity index (χ3v) is 3.75. The first-order valence-corrected chi connectivity index (χ1v) is 8.67. The molecule has 0 fully saturated rings. The molecule has 8 heteroatoms. The second-order valence-corrected chi connectivity index (χ2v) is 6.38. The average molecular weight is 373 g/mol. The van der Waals surface area contributed by atoms with Crippen LogP contribution in [0.5, 0.6) is 0 Å². The molecule has 4 N–H and O–H groups in total. The molecule has 0 saturated carbocycles. The van der Waals surface area contributed by atoms with Gasteiger partial charge in [-0.15, -0.1) is 0 Å². The normalized spacial score (nSPS) is 11.7. The number of carbonyl (C=O) groups is 3. The minimum absolute atomic E-state index is 0.123. The summed E-state index contributed by atoms with van der Waals surface area (Å²) in [6, 6.07) is 12.6. The second kappa shape index (κ2) is 10.1. The van der Waals surface area contributed by atoms with Crippen molar-refractivity contribution in [1.29, 1.82) is 0 Å². The van der Waals surface area contributed by atoms with E-state index in [1.54, 1.807) is 6.07 Å². The van der Waals surface area contributed by atoms with Crippen molar-refractivity contribution in [3.05, 3.63) is 60.1 Å². The van der Waals surface area contributed by atoms with Crippen molar-refractivity contribution in [2.45, 2.75) is 6.04 Å². The van der Waals surface area contributed by atoms with E-state index in [1.807, 2.05) is 44.4 Å². The summed E-state index contributed by atoms with van der Waals surface area (Å²) in [6.45, 7) is 0.307. The molecular formula is C19H25N4O4+. The van der Waals surface area contributed by atoms with Gasteiger partial charge in [0.25, 0.3) is 5.91 Å². The van der Waals surface area contributed by atoms with E-state index in [9.17, 15) is 14.4 Å². The molecule has 1 heterocycles. The van der Waals surface area contributed by atoms with E-state index < -0.39 is 11.8 Å². The van der Waals surface area contributed by atoms with Gasteiger partial charge in [0.15, 0.2) is 5.76 Å². The Balaban J connectivity index is 1.77. The molecule has 1 aromatic carbocycles. The minimum atomic E-state index is -0.488. The lowest BCUT2D eigenvalue weighted by molar-refractivity contribution is -0.860. The van der Waals surface area contributed by atoms with Crippen LogP contribution >= 0.6 is 0 Å². The first-order chi connectivity index (χ1) is 13.0. The van der Waals surface area contributed by atoms with Gasteiger partial charge in [0.2, 0.25) is 11.8 Å². The molecule has 1 aromatic heterocycles. The highest BCUT2D eigenvalue weighted by atomic mass is 16.3. The number of carbonyl (C=O) groups excluding carboxylic acids is 3. The van der Waals surface area contributed by atoms with E-state index >= 15 is 0 Å². The number of likely N-dealkylation sites (N-methyl/N-ethyl adjacent to an activating group) is 1. The number of rotatable bonds is 9. The molecule has 3 amide bonds. The van der Waals surface area contributed by atoms with Crippen LogP contribution in [0.3, 0.4) is 0 Å². The number of hydrogen-bond donors (Lipinski definition) is 4. The Morgan fingerprint density at radius 3 is 2.30 bits per heavy atom. The molecule has 0 aliphatic heterocycles. The predicted octanol–water partition coefficient (Wildman–Crippen LogP) is -0.872. The van der Waals surface area contributed by atoms with Crippen LogP contribution in [0.25, 0.3) is 0 Å². The van der Waals surface area contributed by atoms with Gasteiger partial charge in [-0.2, -0.15) is 0 Å². The van der Waals surface area contributed by atoms with Crippen LogP contribution in [-0.2, 0) is 9.59 Å². The van der Waals surface area contributed by atoms with Gasteiger partial charge < -0.3 is 25.3 Å². The van der Waals surface area contributed by atoms with Crippen molar-refractivity contribution in [1.82, 2.24) is 16.0 Å². The SMILES string of the molecule is C[NH+](C)C[C@@H](NC(=O)CNC(=O)CNC(=O)c1ccco1)c1ccccc1. The van der Waals surface area contributed by atoms with Gasteiger partial charge in [0.05, 0.1) is 33.4 Å². The lowest BCUT2D eigenvalue weighted by Crippen LogP contribution is -3.06. The lowest BCUT2D eigenvalue weighted by atomic mass is 10.1. The van der Waals surface area contributed by atoms with Crippen LogP contribution in [0.4, 0.5) is 0 Å². The van der Waals surface area contributed by atoms with Crippen molar-refractivity contribution in [3.63, 3.8) is 0 Å². The fourth-order valence-corrected chi connectivity index (χ4v) is 2.49. The highest BCUT2D eigenvalue weighted by Gasteiger charge is 2.18. The van der Waals surface area contributed by atoms with E-state index in [4.69, 9.17) is 4.42 Å². The van der Waals surface area contributed by atoms with E-state index in [2.05, 4.69) is 16.0 Å². The van der Waals surface area contributed by atoms with E-state index in [0.717, 1.165) is 5.56 Å². The Morgan fingerprint density at radius 1 is 0.963 bits per heavy atom. The second-order valence-electron chi connectivity index (χ2n) is 6.38. The predicted molar refractivity (Wildman–Crippen MR) is 99.1 cm³/mol. The number of quaternary nitrogens is 1. The monoisotopic (exact) mass is 373 g/mol. The van der Waals surface area contributed by atoms with Crippen LogP contribution in [0.2, 0.25) is 0 Å². The molecule has 0 aliphatic carbocycles. The molecule has 2 aromatic rings. The largest absolute Gasteiger partial charge is 0.459 e. The Kier molecular flexibility index (Phi) is 7.57. The summed E-state index contributed by atoms with van der Waals surface area (Å²) in [5.74, 6) is -1.12. The summed E-state index contributed by atoms with van der Waals surface area (Å²) < 4.78 is 4.93. The number of amides is 3. The zero-order valence-corrected chi connectivity index (χ0v) is 15.5. The maximum absolute atomic E-state index is 12.2. The first-order valence-electron chi connectivity index (χ1n) is 8.67. The van der Waals surface area contributed by atoms with Crippen LogP contribution in [0.1, 0.15) is 22.2 Å². The van der Waals surface area contributed by atoms with Crippen molar-refractivity contribution < 1.29 is 23.7 Å². The molecule has 0 radical (unpaired) electrons. The molecule has 0 unspecified atom stereocenters. The number of benzene rings is 1. The summed E-state index contributed by atoms with van der Waals surface area (Å²) in [5, 5.41) is 7.84. The topological polar surface area (TPSA) is 105 Å². The van der Waals surface area contributed by atoms with Crippen molar-refractivity contribution in [2.75, 3.05) is 33.7 Å². The molecule has 1 atom stereocenters. The van der Waals surface area contributed by atoms with Crippen LogP contribution < -0.4 is 20.9 Å². The van der Waals surface area contributed by atoms with Crippen LogP contribution in [0, 0.1) is 0 Å². The third kappa shape index (κ3) is 6.95. The molecule has 2 rings (SSSR count). The maximum atomic E-state index is 12.2. The Morgan fingerprint density at radius 2 is 1.67 bits per heavy atom. The highest BCUT2D eigenvalue weighted by molar-refractivity contribution is 5.94. The van der Waals surface area contributed by atoms with E-state index in [-0.39, 0.29) is 30.8 Å². The van der Waals surface area contributed by atoms with E-state index in [1.165, 1.54) is 17.2 Å². The average Bonchev–Trinajstić information content (AvgIpc) is 3.19. The molecular weight excluding hydrogens is 348 g/mol. The van der Waals surface area contributed by atoms with Crippen LogP contribution in [0.15, 0.2) is 53.1 Å². The smallest absolute Gasteiger partial charge is 0.287 e. The summed E-state index contributed by atoms with van der Waals surface area (Å²) in [5.41, 5.74) is 1.00.